The zero-order chi connectivity index (χ0) is 9.80. The van der Waals surface area contributed by atoms with Gasteiger partial charge in [0.25, 0.3) is 0 Å². The van der Waals surface area contributed by atoms with Gasteiger partial charge in [-0.1, -0.05) is 0 Å². The largest absolute Gasteiger partial charge is 0.365 e. The minimum atomic E-state index is 0.619. The summed E-state index contributed by atoms with van der Waals surface area (Å²) in [6, 6.07) is 2.68. The van der Waals surface area contributed by atoms with E-state index in [2.05, 4.69) is 23.4 Å². The second-order valence-electron chi connectivity index (χ2n) is 3.62. The Morgan fingerprint density at radius 2 is 2.64 bits per heavy atom. The first kappa shape index (κ1) is 9.90. The Morgan fingerprint density at radius 3 is 3.29 bits per heavy atom. The molecule has 2 heterocycles. The minimum Gasteiger partial charge on any atom is -0.365 e. The number of nitrogens with one attached hydrogen (secondary N) is 1. The molecule has 0 radical (unpaired) electrons. The van der Waals surface area contributed by atoms with Crippen LogP contribution in [0.1, 0.15) is 19.8 Å². The third-order valence-corrected chi connectivity index (χ3v) is 3.69. The van der Waals surface area contributed by atoms with Crippen molar-refractivity contribution in [3.8, 4) is 0 Å². The van der Waals surface area contributed by atoms with E-state index in [4.69, 9.17) is 0 Å². The summed E-state index contributed by atoms with van der Waals surface area (Å²) in [4.78, 5) is 0. The molecule has 0 saturated carbocycles. The van der Waals surface area contributed by atoms with Crippen LogP contribution in [0, 0.1) is 0 Å². The number of hydrogen-bond acceptors (Lipinski definition) is 3. The van der Waals surface area contributed by atoms with Crippen LogP contribution in [-0.2, 0) is 6.54 Å². The van der Waals surface area contributed by atoms with E-state index < -0.39 is 0 Å². The van der Waals surface area contributed by atoms with Crippen molar-refractivity contribution in [2.45, 2.75) is 32.4 Å². The lowest BCUT2D eigenvalue weighted by Gasteiger charge is -2.22. The smallest absolute Gasteiger partial charge is 0.148 e. The molecule has 1 saturated heterocycles. The van der Waals surface area contributed by atoms with Crippen molar-refractivity contribution in [1.82, 2.24) is 9.78 Å². The number of aromatic nitrogens is 2. The maximum Gasteiger partial charge on any atom is 0.148 e. The molecule has 0 bridgehead atoms. The lowest BCUT2D eigenvalue weighted by atomic mass is 10.2. The molecule has 78 valence electrons. The molecule has 1 aromatic rings. The molecule has 1 fully saturated rings. The summed E-state index contributed by atoms with van der Waals surface area (Å²) in [6.07, 6.45) is 4.64. The van der Waals surface area contributed by atoms with Gasteiger partial charge in [-0.2, -0.15) is 16.9 Å². The molecule has 0 aromatic carbocycles. The standard InChI is InChI=1S/C10H17N3S/c1-2-13-6-5-10(12-13)11-9-4-3-7-14-8-9/h5-6,9H,2-4,7-8H2,1H3,(H,11,12). The van der Waals surface area contributed by atoms with Crippen LogP contribution < -0.4 is 5.32 Å². The number of anilines is 1. The Morgan fingerprint density at radius 1 is 1.71 bits per heavy atom. The highest BCUT2D eigenvalue weighted by Crippen LogP contribution is 2.19. The van der Waals surface area contributed by atoms with E-state index in [0.717, 1.165) is 12.4 Å². The molecule has 0 spiro atoms. The van der Waals surface area contributed by atoms with Crippen molar-refractivity contribution in [3.63, 3.8) is 0 Å². The van der Waals surface area contributed by atoms with Crippen molar-refractivity contribution >= 4 is 17.6 Å². The van der Waals surface area contributed by atoms with Crippen molar-refractivity contribution in [3.05, 3.63) is 12.3 Å². The van der Waals surface area contributed by atoms with Crippen molar-refractivity contribution < 1.29 is 0 Å². The molecule has 1 N–H and O–H groups in total. The van der Waals surface area contributed by atoms with Gasteiger partial charge in [0.15, 0.2) is 0 Å². The van der Waals surface area contributed by atoms with E-state index in [-0.39, 0.29) is 0 Å². The third-order valence-electron chi connectivity index (χ3n) is 2.48. The zero-order valence-electron chi connectivity index (χ0n) is 8.57. The summed E-state index contributed by atoms with van der Waals surface area (Å²) in [5.74, 6) is 3.57. The first-order valence-corrected chi connectivity index (χ1v) is 6.41. The SMILES string of the molecule is CCn1ccc(NC2CCCSC2)n1. The first-order chi connectivity index (χ1) is 6.88. The van der Waals surface area contributed by atoms with Crippen molar-refractivity contribution in [1.29, 1.82) is 0 Å². The molecule has 14 heavy (non-hydrogen) atoms. The highest BCUT2D eigenvalue weighted by atomic mass is 32.2. The number of aryl methyl sites for hydroxylation is 1. The second-order valence-corrected chi connectivity index (χ2v) is 4.76. The summed E-state index contributed by atoms with van der Waals surface area (Å²) in [5.41, 5.74) is 0. The molecule has 1 aliphatic rings. The van der Waals surface area contributed by atoms with Crippen LogP contribution >= 0.6 is 11.8 Å². The quantitative estimate of drug-likeness (QED) is 0.831. The lowest BCUT2D eigenvalue weighted by Crippen LogP contribution is -2.25. The van der Waals surface area contributed by atoms with Gasteiger partial charge in [-0.25, -0.2) is 0 Å². The van der Waals surface area contributed by atoms with Gasteiger partial charge in [-0.05, 0) is 25.5 Å². The molecule has 2 rings (SSSR count). The zero-order valence-corrected chi connectivity index (χ0v) is 9.39. The Balaban J connectivity index is 1.89. The number of thioether (sulfide) groups is 1. The molecule has 0 amide bonds. The van der Waals surface area contributed by atoms with Crippen molar-refractivity contribution in [2.24, 2.45) is 0 Å². The number of rotatable bonds is 3. The predicted molar refractivity (Wildman–Crippen MR) is 61.9 cm³/mol. The Kier molecular flexibility index (Phi) is 3.35. The van der Waals surface area contributed by atoms with Gasteiger partial charge in [0.05, 0.1) is 0 Å². The summed E-state index contributed by atoms with van der Waals surface area (Å²) in [6.45, 7) is 3.05. The lowest BCUT2D eigenvalue weighted by molar-refractivity contribution is 0.648. The molecular weight excluding hydrogens is 194 g/mol. The number of nitrogens with zero attached hydrogens (tertiary/aromatic N) is 2. The minimum absolute atomic E-state index is 0.619. The molecule has 1 aliphatic heterocycles. The van der Waals surface area contributed by atoms with Gasteiger partial charge in [0.1, 0.15) is 5.82 Å². The van der Waals surface area contributed by atoms with E-state index in [1.165, 1.54) is 24.3 Å². The fraction of sp³-hybridized carbons (Fsp3) is 0.700. The summed E-state index contributed by atoms with van der Waals surface area (Å²) in [5, 5.41) is 7.90. The summed E-state index contributed by atoms with van der Waals surface area (Å²) in [7, 11) is 0. The fourth-order valence-electron chi connectivity index (χ4n) is 1.68. The third kappa shape index (κ3) is 2.44. The predicted octanol–water partition coefficient (Wildman–Crippen LogP) is 2.21. The summed E-state index contributed by atoms with van der Waals surface area (Å²) >= 11 is 2.04. The fourth-order valence-corrected chi connectivity index (χ4v) is 2.75. The topological polar surface area (TPSA) is 29.9 Å². The van der Waals surface area contributed by atoms with Crippen LogP contribution in [0.15, 0.2) is 12.3 Å². The van der Waals surface area contributed by atoms with Gasteiger partial charge in [0.2, 0.25) is 0 Å². The Labute approximate surface area is 89.3 Å². The van der Waals surface area contributed by atoms with Crippen LogP contribution in [0.25, 0.3) is 0 Å². The van der Waals surface area contributed by atoms with Crippen molar-refractivity contribution in [2.75, 3.05) is 16.8 Å². The maximum atomic E-state index is 4.42. The van der Waals surface area contributed by atoms with E-state index in [0.29, 0.717) is 6.04 Å². The Hall–Kier alpha value is -0.640. The highest BCUT2D eigenvalue weighted by Gasteiger charge is 2.13. The molecule has 0 aliphatic carbocycles. The Bertz CT molecular complexity index is 279. The van der Waals surface area contributed by atoms with E-state index in [9.17, 15) is 0 Å². The normalized spacial score (nSPS) is 22.2. The molecule has 1 unspecified atom stereocenters. The maximum absolute atomic E-state index is 4.42. The molecule has 1 atom stereocenters. The molecule has 3 nitrogen and oxygen atoms in total. The van der Waals surface area contributed by atoms with Gasteiger partial charge >= 0.3 is 0 Å². The molecule has 1 aromatic heterocycles. The first-order valence-electron chi connectivity index (χ1n) is 5.26. The van der Waals surface area contributed by atoms with Crippen LogP contribution in [-0.4, -0.2) is 27.3 Å². The van der Waals surface area contributed by atoms with Gasteiger partial charge in [0, 0.05) is 30.6 Å². The average Bonchev–Trinajstić information content (AvgIpc) is 2.67. The second kappa shape index (κ2) is 4.73. The number of hydrogen-bond donors (Lipinski definition) is 1. The van der Waals surface area contributed by atoms with E-state index in [1.54, 1.807) is 0 Å². The average molecular weight is 211 g/mol. The molecule has 4 heteroatoms. The van der Waals surface area contributed by atoms with Crippen LogP contribution in [0.2, 0.25) is 0 Å². The molecular formula is C10H17N3S. The van der Waals surface area contributed by atoms with Gasteiger partial charge in [-0.15, -0.1) is 0 Å². The van der Waals surface area contributed by atoms with Gasteiger partial charge in [-0.3, -0.25) is 4.68 Å². The van der Waals surface area contributed by atoms with Crippen LogP contribution in [0.5, 0.6) is 0 Å². The highest BCUT2D eigenvalue weighted by molar-refractivity contribution is 7.99. The summed E-state index contributed by atoms with van der Waals surface area (Å²) < 4.78 is 1.96. The van der Waals surface area contributed by atoms with Crippen LogP contribution in [0.3, 0.4) is 0 Å². The monoisotopic (exact) mass is 211 g/mol. The van der Waals surface area contributed by atoms with E-state index >= 15 is 0 Å². The van der Waals surface area contributed by atoms with Gasteiger partial charge < -0.3 is 5.32 Å². The van der Waals surface area contributed by atoms with Crippen LogP contribution in [0.4, 0.5) is 5.82 Å². The van der Waals surface area contributed by atoms with E-state index in [1.807, 2.05) is 22.6 Å².